The molecule has 0 aliphatic rings. The first kappa shape index (κ1) is 33.0. The third kappa shape index (κ3) is 10.7. The molecule has 0 spiro atoms. The molecule has 0 bridgehead atoms. The van der Waals surface area contributed by atoms with Gasteiger partial charge in [-0.25, -0.2) is 9.18 Å². The highest BCUT2D eigenvalue weighted by Gasteiger charge is 2.42. The maximum atomic E-state index is 14.5. The maximum Gasteiger partial charge on any atom is 0.407 e. The molecule has 0 aliphatic carbocycles. The summed E-state index contributed by atoms with van der Waals surface area (Å²) in [6, 6.07) is 13.4. The standard InChI is InChI=1S/C30H43BrFNO5Si/c1-29(2,3)37-28(36)33-25(17-20-13-15-23(31)16-14-20)26(38-39(7,8)30(4,5)6)19-22(27(34)35)18-21-11-9-10-12-24(21)32/h9-16,22,25-26H,17-19H2,1-8H3,(H,33,36)(H,34,35)/t22-,25+,26+/m1/s1. The lowest BCUT2D eigenvalue weighted by Gasteiger charge is -2.42. The van der Waals surface area contributed by atoms with E-state index < -0.39 is 49.9 Å². The van der Waals surface area contributed by atoms with Crippen LogP contribution in [0.15, 0.2) is 53.0 Å². The molecule has 0 heterocycles. The lowest BCUT2D eigenvalue weighted by molar-refractivity contribution is -0.142. The van der Waals surface area contributed by atoms with E-state index in [9.17, 15) is 19.1 Å². The van der Waals surface area contributed by atoms with Gasteiger partial charge in [-0.1, -0.05) is 67.0 Å². The van der Waals surface area contributed by atoms with Gasteiger partial charge in [0.15, 0.2) is 8.32 Å². The van der Waals surface area contributed by atoms with Gasteiger partial charge in [0.2, 0.25) is 0 Å². The SMILES string of the molecule is CC(C)(C)OC(=O)N[C@@H](Cc1ccc(Br)cc1)[C@H](C[C@@H](Cc1ccccc1F)C(=O)O)O[Si](C)(C)C(C)(C)C. The first-order valence-corrected chi connectivity index (χ1v) is 17.0. The van der Waals surface area contributed by atoms with Gasteiger partial charge in [-0.15, -0.1) is 0 Å². The van der Waals surface area contributed by atoms with E-state index in [1.807, 2.05) is 24.3 Å². The Labute approximate surface area is 241 Å². The van der Waals surface area contributed by atoms with Gasteiger partial charge in [0, 0.05) is 4.47 Å². The molecule has 2 aromatic carbocycles. The van der Waals surface area contributed by atoms with Crippen LogP contribution in [0, 0.1) is 11.7 Å². The molecule has 1 amide bonds. The molecule has 0 radical (unpaired) electrons. The van der Waals surface area contributed by atoms with Crippen LogP contribution in [0.25, 0.3) is 0 Å². The van der Waals surface area contributed by atoms with Crippen LogP contribution in [0.4, 0.5) is 9.18 Å². The average Bonchev–Trinajstić information content (AvgIpc) is 2.78. The summed E-state index contributed by atoms with van der Waals surface area (Å²) < 4.78 is 27.8. The number of rotatable bonds is 11. The van der Waals surface area contributed by atoms with E-state index in [0.29, 0.717) is 12.0 Å². The van der Waals surface area contributed by atoms with Crippen molar-refractivity contribution in [2.24, 2.45) is 5.92 Å². The number of halogens is 2. The van der Waals surface area contributed by atoms with Crippen molar-refractivity contribution in [1.82, 2.24) is 5.32 Å². The van der Waals surface area contributed by atoms with E-state index in [1.54, 1.807) is 39.0 Å². The summed E-state index contributed by atoms with van der Waals surface area (Å²) in [5.41, 5.74) is 0.570. The normalized spacial score (nSPS) is 14.8. The zero-order valence-corrected chi connectivity index (χ0v) is 26.9. The number of benzene rings is 2. The van der Waals surface area contributed by atoms with Crippen LogP contribution in [0.5, 0.6) is 0 Å². The Balaban J connectivity index is 2.51. The van der Waals surface area contributed by atoms with Crippen molar-refractivity contribution in [3.05, 3.63) is 69.9 Å². The first-order valence-electron chi connectivity index (χ1n) is 13.3. The molecule has 0 aliphatic heterocycles. The molecule has 2 aromatic rings. The Kier molecular flexibility index (Phi) is 11.3. The summed E-state index contributed by atoms with van der Waals surface area (Å²) in [5, 5.41) is 13.0. The number of hydrogen-bond donors (Lipinski definition) is 2. The lowest BCUT2D eigenvalue weighted by atomic mass is 9.89. The molecule has 0 saturated carbocycles. The summed E-state index contributed by atoms with van der Waals surface area (Å²) in [5.74, 6) is -2.41. The Hall–Kier alpha value is -2.23. The fourth-order valence-corrected chi connectivity index (χ4v) is 5.58. The molecule has 3 atom stereocenters. The molecule has 39 heavy (non-hydrogen) atoms. The first-order chi connectivity index (χ1) is 17.9. The van der Waals surface area contributed by atoms with Crippen LogP contribution >= 0.6 is 15.9 Å². The number of aliphatic carboxylic acids is 1. The molecule has 0 fully saturated rings. The minimum absolute atomic E-state index is 0.0107. The minimum Gasteiger partial charge on any atom is -0.481 e. The van der Waals surface area contributed by atoms with Crippen molar-refractivity contribution in [3.63, 3.8) is 0 Å². The minimum atomic E-state index is -2.43. The number of alkyl carbamates (subject to hydrolysis) is 1. The van der Waals surface area contributed by atoms with Crippen LogP contribution in [-0.4, -0.2) is 43.2 Å². The van der Waals surface area contributed by atoms with Crippen LogP contribution in [0.1, 0.15) is 59.1 Å². The second-order valence-electron chi connectivity index (χ2n) is 12.6. The predicted octanol–water partition coefficient (Wildman–Crippen LogP) is 7.75. The average molecular weight is 625 g/mol. The summed E-state index contributed by atoms with van der Waals surface area (Å²) in [6.45, 7) is 15.9. The molecule has 0 aromatic heterocycles. The molecule has 216 valence electrons. The number of carbonyl (C=O) groups is 2. The molecular formula is C30H43BrFNO5Si. The van der Waals surface area contributed by atoms with Gasteiger partial charge in [-0.05, 0) is 87.5 Å². The largest absolute Gasteiger partial charge is 0.481 e. The Morgan fingerprint density at radius 1 is 1.00 bits per heavy atom. The molecule has 9 heteroatoms. The predicted molar refractivity (Wildman–Crippen MR) is 159 cm³/mol. The zero-order chi connectivity index (χ0) is 29.6. The summed E-state index contributed by atoms with van der Waals surface area (Å²) in [4.78, 5) is 25.4. The highest BCUT2D eigenvalue weighted by molar-refractivity contribution is 9.10. The van der Waals surface area contributed by atoms with E-state index in [4.69, 9.17) is 9.16 Å². The van der Waals surface area contributed by atoms with Gasteiger partial charge in [0.05, 0.1) is 18.1 Å². The summed E-state index contributed by atoms with van der Waals surface area (Å²) in [7, 11) is -2.43. The quantitative estimate of drug-likeness (QED) is 0.250. The second kappa shape index (κ2) is 13.4. The molecule has 2 rings (SSSR count). The molecule has 6 nitrogen and oxygen atoms in total. The van der Waals surface area contributed by atoms with Crippen molar-refractivity contribution >= 4 is 36.3 Å². The fraction of sp³-hybridized carbons (Fsp3) is 0.533. The Bertz CT molecular complexity index is 1110. The van der Waals surface area contributed by atoms with Gasteiger partial charge in [-0.2, -0.15) is 0 Å². The second-order valence-corrected chi connectivity index (χ2v) is 18.2. The Morgan fingerprint density at radius 3 is 2.10 bits per heavy atom. The number of carboxylic acid groups (broad SMARTS) is 1. The topological polar surface area (TPSA) is 84.9 Å². The maximum absolute atomic E-state index is 14.5. The van der Waals surface area contributed by atoms with Gasteiger partial charge in [-0.3, -0.25) is 4.79 Å². The van der Waals surface area contributed by atoms with E-state index in [0.717, 1.165) is 10.0 Å². The highest BCUT2D eigenvalue weighted by atomic mass is 79.9. The Morgan fingerprint density at radius 2 is 1.59 bits per heavy atom. The number of hydrogen-bond acceptors (Lipinski definition) is 4. The third-order valence-corrected chi connectivity index (χ3v) is 12.1. The summed E-state index contributed by atoms with van der Waals surface area (Å²) >= 11 is 3.46. The fourth-order valence-electron chi connectivity index (χ4n) is 3.94. The zero-order valence-electron chi connectivity index (χ0n) is 24.3. The molecule has 0 unspecified atom stereocenters. The number of amides is 1. The van der Waals surface area contributed by atoms with Gasteiger partial charge < -0.3 is 19.6 Å². The monoisotopic (exact) mass is 623 g/mol. The van der Waals surface area contributed by atoms with Crippen LogP contribution in [0.2, 0.25) is 18.1 Å². The van der Waals surface area contributed by atoms with Gasteiger partial charge >= 0.3 is 12.1 Å². The third-order valence-electron chi connectivity index (χ3n) is 7.06. The van der Waals surface area contributed by atoms with Crippen molar-refractivity contribution < 1.29 is 28.2 Å². The molecule has 0 saturated heterocycles. The smallest absolute Gasteiger partial charge is 0.407 e. The number of carboxylic acids is 1. The number of nitrogens with one attached hydrogen (secondary N) is 1. The van der Waals surface area contributed by atoms with Crippen molar-refractivity contribution in [3.8, 4) is 0 Å². The van der Waals surface area contributed by atoms with Crippen LogP contribution < -0.4 is 5.32 Å². The number of carbonyl (C=O) groups excluding carboxylic acids is 1. The van der Waals surface area contributed by atoms with E-state index >= 15 is 0 Å². The van der Waals surface area contributed by atoms with Crippen LogP contribution in [-0.2, 0) is 26.8 Å². The van der Waals surface area contributed by atoms with Crippen molar-refractivity contribution in [1.29, 1.82) is 0 Å². The van der Waals surface area contributed by atoms with Crippen LogP contribution in [0.3, 0.4) is 0 Å². The van der Waals surface area contributed by atoms with Gasteiger partial charge in [0.25, 0.3) is 0 Å². The van der Waals surface area contributed by atoms with Gasteiger partial charge in [0.1, 0.15) is 11.4 Å². The van der Waals surface area contributed by atoms with E-state index in [1.165, 1.54) is 6.07 Å². The van der Waals surface area contributed by atoms with E-state index in [2.05, 4.69) is 55.1 Å². The molecular weight excluding hydrogens is 581 g/mol. The lowest BCUT2D eigenvalue weighted by Crippen LogP contribution is -2.54. The highest BCUT2D eigenvalue weighted by Crippen LogP contribution is 2.39. The van der Waals surface area contributed by atoms with Crippen molar-refractivity contribution in [2.45, 2.75) is 96.7 Å². The molecule has 2 N–H and O–H groups in total. The van der Waals surface area contributed by atoms with Crippen molar-refractivity contribution in [2.75, 3.05) is 0 Å². The number of ether oxygens (including phenoxy) is 1. The summed E-state index contributed by atoms with van der Waals surface area (Å²) in [6.07, 6.45) is -0.758. The van der Waals surface area contributed by atoms with E-state index in [-0.39, 0.29) is 17.9 Å².